The lowest BCUT2D eigenvalue weighted by atomic mass is 9.90. The molecular weight excluding hydrogens is 240 g/mol. The maximum Gasteiger partial charge on any atom is -0.0417 e. The van der Waals surface area contributed by atoms with Gasteiger partial charge in [-0.25, -0.2) is 0 Å². The molecule has 0 heterocycles. The van der Waals surface area contributed by atoms with E-state index in [2.05, 4.69) is 20.8 Å². The van der Waals surface area contributed by atoms with E-state index in [0.29, 0.717) is 0 Å². The molecule has 1 fully saturated rings. The minimum Gasteiger partial charge on any atom is -0.0654 e. The number of hydrogen-bond acceptors (Lipinski definition) is 0. The molecule has 0 N–H and O–H groups in total. The Morgan fingerprint density at radius 3 is 1.35 bits per heavy atom. The predicted octanol–water partition coefficient (Wildman–Crippen LogP) is 7.90. The molecule has 20 heavy (non-hydrogen) atoms. The third-order valence-corrected chi connectivity index (χ3v) is 4.76. The fourth-order valence-corrected chi connectivity index (χ4v) is 3.16. The fourth-order valence-electron chi connectivity index (χ4n) is 3.16. The van der Waals surface area contributed by atoms with Crippen molar-refractivity contribution in [2.75, 3.05) is 0 Å². The summed E-state index contributed by atoms with van der Waals surface area (Å²) in [6, 6.07) is 0. The van der Waals surface area contributed by atoms with E-state index in [-0.39, 0.29) is 0 Å². The van der Waals surface area contributed by atoms with E-state index in [9.17, 15) is 0 Å². The summed E-state index contributed by atoms with van der Waals surface area (Å²) in [6.07, 6.45) is 23.4. The van der Waals surface area contributed by atoms with Gasteiger partial charge in [0.25, 0.3) is 0 Å². The SMILES string of the molecule is CCC1CCCCCCC1.CCCCCCCCCC. The number of unbranched alkanes of at least 4 members (excludes halogenated alkanes) is 7. The Balaban J connectivity index is 0.000000361. The van der Waals surface area contributed by atoms with Crippen LogP contribution in [0.4, 0.5) is 0 Å². The Morgan fingerprint density at radius 1 is 0.550 bits per heavy atom. The molecule has 0 aromatic carbocycles. The molecule has 0 aromatic rings. The Bertz CT molecular complexity index is 145. The van der Waals surface area contributed by atoms with Crippen LogP contribution in [0.15, 0.2) is 0 Å². The van der Waals surface area contributed by atoms with Crippen molar-refractivity contribution in [1.29, 1.82) is 0 Å². The molecule has 0 heteroatoms. The molecule has 1 aliphatic rings. The third-order valence-electron chi connectivity index (χ3n) is 4.76. The lowest BCUT2D eigenvalue weighted by Gasteiger charge is -2.17. The van der Waals surface area contributed by atoms with Gasteiger partial charge in [-0.05, 0) is 5.92 Å². The van der Waals surface area contributed by atoms with Gasteiger partial charge in [0.05, 0.1) is 0 Å². The van der Waals surface area contributed by atoms with Gasteiger partial charge in [0, 0.05) is 0 Å². The highest BCUT2D eigenvalue weighted by molar-refractivity contribution is 4.61. The van der Waals surface area contributed by atoms with Crippen LogP contribution in [-0.4, -0.2) is 0 Å². The van der Waals surface area contributed by atoms with Crippen molar-refractivity contribution < 1.29 is 0 Å². The van der Waals surface area contributed by atoms with Gasteiger partial charge in [0.1, 0.15) is 0 Å². The average molecular weight is 283 g/mol. The van der Waals surface area contributed by atoms with Crippen molar-refractivity contribution in [2.24, 2.45) is 5.92 Å². The minimum absolute atomic E-state index is 1.07. The van der Waals surface area contributed by atoms with Crippen LogP contribution >= 0.6 is 0 Å². The molecule has 0 atom stereocenters. The van der Waals surface area contributed by atoms with Crippen LogP contribution in [-0.2, 0) is 0 Å². The lowest BCUT2D eigenvalue weighted by molar-refractivity contribution is 0.369. The number of hydrogen-bond donors (Lipinski definition) is 0. The van der Waals surface area contributed by atoms with Gasteiger partial charge < -0.3 is 0 Å². The van der Waals surface area contributed by atoms with Crippen molar-refractivity contribution in [3.63, 3.8) is 0 Å². The van der Waals surface area contributed by atoms with Crippen molar-refractivity contribution in [2.45, 2.75) is 124 Å². The van der Waals surface area contributed by atoms with Crippen LogP contribution in [0.5, 0.6) is 0 Å². The zero-order valence-corrected chi connectivity index (χ0v) is 14.9. The molecule has 0 aliphatic heterocycles. The highest BCUT2D eigenvalue weighted by Gasteiger charge is 2.07. The molecule has 122 valence electrons. The first kappa shape index (κ1) is 20.0. The first-order valence-corrected chi connectivity index (χ1v) is 9.85. The van der Waals surface area contributed by atoms with Crippen molar-refractivity contribution >= 4 is 0 Å². The van der Waals surface area contributed by atoms with Crippen LogP contribution in [0, 0.1) is 5.92 Å². The molecule has 0 aromatic heterocycles. The fraction of sp³-hybridized carbons (Fsp3) is 1.00. The van der Waals surface area contributed by atoms with E-state index < -0.39 is 0 Å². The quantitative estimate of drug-likeness (QED) is 0.397. The summed E-state index contributed by atoms with van der Waals surface area (Å²) in [6.45, 7) is 6.88. The zero-order valence-electron chi connectivity index (χ0n) is 14.9. The second-order valence-corrected chi connectivity index (χ2v) is 6.74. The van der Waals surface area contributed by atoms with E-state index in [1.165, 1.54) is 103 Å². The van der Waals surface area contributed by atoms with Crippen LogP contribution in [0.2, 0.25) is 0 Å². The first-order valence-electron chi connectivity index (χ1n) is 9.85. The van der Waals surface area contributed by atoms with E-state index in [1.54, 1.807) is 0 Å². The summed E-state index contributed by atoms with van der Waals surface area (Å²) in [5.41, 5.74) is 0. The second-order valence-electron chi connectivity index (χ2n) is 6.74. The smallest absolute Gasteiger partial charge is 0.0417 e. The molecule has 0 spiro atoms. The molecule has 1 rings (SSSR count). The summed E-state index contributed by atoms with van der Waals surface area (Å²) in [5, 5.41) is 0. The van der Waals surface area contributed by atoms with Gasteiger partial charge >= 0.3 is 0 Å². The molecule has 1 saturated carbocycles. The van der Waals surface area contributed by atoms with E-state index in [0.717, 1.165) is 5.92 Å². The molecule has 0 saturated heterocycles. The second kappa shape index (κ2) is 17.1. The standard InChI is InChI=1S/C10H20.C10H22/c1-2-10-8-6-4-3-5-7-9-10;1-3-5-7-9-10-8-6-4-2/h10H,2-9H2,1H3;3-10H2,1-2H3. The van der Waals surface area contributed by atoms with Crippen molar-refractivity contribution in [3.05, 3.63) is 0 Å². The highest BCUT2D eigenvalue weighted by Crippen LogP contribution is 2.23. The predicted molar refractivity (Wildman–Crippen MR) is 94.4 cm³/mol. The Kier molecular flexibility index (Phi) is 17.1. The first-order chi connectivity index (χ1) is 9.85. The summed E-state index contributed by atoms with van der Waals surface area (Å²) in [4.78, 5) is 0. The normalized spacial score (nSPS) is 16.9. The largest absolute Gasteiger partial charge is 0.0654 e. The topological polar surface area (TPSA) is 0 Å². The van der Waals surface area contributed by atoms with Gasteiger partial charge in [0.15, 0.2) is 0 Å². The van der Waals surface area contributed by atoms with Crippen molar-refractivity contribution in [3.8, 4) is 0 Å². The Hall–Kier alpha value is 0. The summed E-state index contributed by atoms with van der Waals surface area (Å²) < 4.78 is 0. The summed E-state index contributed by atoms with van der Waals surface area (Å²) in [7, 11) is 0. The van der Waals surface area contributed by atoms with Gasteiger partial charge in [-0.1, -0.05) is 124 Å². The molecule has 0 unspecified atom stereocenters. The minimum atomic E-state index is 1.07. The lowest BCUT2D eigenvalue weighted by Crippen LogP contribution is -2.01. The molecule has 0 nitrogen and oxygen atoms in total. The zero-order chi connectivity index (χ0) is 14.9. The van der Waals surface area contributed by atoms with E-state index in [4.69, 9.17) is 0 Å². The third kappa shape index (κ3) is 14.4. The average Bonchev–Trinajstić information content (AvgIpc) is 2.43. The van der Waals surface area contributed by atoms with Crippen molar-refractivity contribution in [1.82, 2.24) is 0 Å². The maximum atomic E-state index is 2.34. The molecule has 0 bridgehead atoms. The monoisotopic (exact) mass is 282 g/mol. The summed E-state index contributed by atoms with van der Waals surface area (Å²) >= 11 is 0. The van der Waals surface area contributed by atoms with Crippen LogP contribution in [0.1, 0.15) is 124 Å². The Morgan fingerprint density at radius 2 is 0.950 bits per heavy atom. The van der Waals surface area contributed by atoms with Crippen LogP contribution in [0.25, 0.3) is 0 Å². The number of rotatable bonds is 8. The molecule has 0 radical (unpaired) electrons. The maximum absolute atomic E-state index is 2.34. The molecule has 0 amide bonds. The van der Waals surface area contributed by atoms with Gasteiger partial charge in [-0.2, -0.15) is 0 Å². The molecular formula is C20H42. The molecule has 1 aliphatic carbocycles. The van der Waals surface area contributed by atoms with Crippen LogP contribution in [0.3, 0.4) is 0 Å². The van der Waals surface area contributed by atoms with Crippen LogP contribution < -0.4 is 0 Å². The summed E-state index contributed by atoms with van der Waals surface area (Å²) in [5.74, 6) is 1.07. The van der Waals surface area contributed by atoms with Gasteiger partial charge in [-0.3, -0.25) is 0 Å². The van der Waals surface area contributed by atoms with Gasteiger partial charge in [-0.15, -0.1) is 0 Å². The van der Waals surface area contributed by atoms with E-state index >= 15 is 0 Å². The Labute approximate surface area is 130 Å². The highest BCUT2D eigenvalue weighted by atomic mass is 14.1. The van der Waals surface area contributed by atoms with E-state index in [1.807, 2.05) is 0 Å². The van der Waals surface area contributed by atoms with Gasteiger partial charge in [0.2, 0.25) is 0 Å².